The second kappa shape index (κ2) is 9.19. The Labute approximate surface area is 172 Å². The zero-order valence-corrected chi connectivity index (χ0v) is 17.0. The molecule has 0 atom stereocenters. The van der Waals surface area contributed by atoms with E-state index in [1.807, 2.05) is 0 Å². The highest BCUT2D eigenvalue weighted by atomic mass is 15.2. The summed E-state index contributed by atoms with van der Waals surface area (Å²) in [4.78, 5) is 13.8. The van der Waals surface area contributed by atoms with Gasteiger partial charge >= 0.3 is 0 Å². The zero-order chi connectivity index (χ0) is 20.1. The number of nitrogens with zero attached hydrogens (tertiary/aromatic N) is 4. The van der Waals surface area contributed by atoms with Crippen molar-refractivity contribution in [2.45, 2.75) is 18.9 Å². The Kier molecular flexibility index (Phi) is 6.21. The molecule has 29 heavy (non-hydrogen) atoms. The van der Waals surface area contributed by atoms with E-state index in [-0.39, 0.29) is 0 Å². The van der Waals surface area contributed by atoms with Crippen LogP contribution in [0.5, 0.6) is 0 Å². The standard InChI is InChI=1S/C21H30N8/c1-28-10-12-29(13-11-28)19-4-2-17(3-5-19)26-21-24-15-16(14-22)20(27-21)25-18-6-8-23-9-7-18/h2-5,14-15,18,22-23H,6-13H2,1H3,(H2,24,25,26,27). The molecule has 2 aromatic rings. The minimum Gasteiger partial charge on any atom is -0.369 e. The van der Waals surface area contributed by atoms with Crippen LogP contribution in [-0.2, 0) is 0 Å². The lowest BCUT2D eigenvalue weighted by molar-refractivity contribution is 0.313. The molecule has 2 fully saturated rings. The topological polar surface area (TPSA) is 92.2 Å². The smallest absolute Gasteiger partial charge is 0.229 e. The Morgan fingerprint density at radius 1 is 1.10 bits per heavy atom. The molecule has 8 heteroatoms. The lowest BCUT2D eigenvalue weighted by Gasteiger charge is -2.34. The molecule has 0 spiro atoms. The number of likely N-dealkylation sites (N-methyl/N-ethyl adjacent to an activating group) is 1. The number of nitrogens with one attached hydrogen (secondary N) is 4. The van der Waals surface area contributed by atoms with Gasteiger partial charge in [-0.3, -0.25) is 0 Å². The van der Waals surface area contributed by atoms with Crippen LogP contribution in [-0.4, -0.2) is 73.4 Å². The number of benzene rings is 1. The zero-order valence-electron chi connectivity index (χ0n) is 17.0. The molecule has 4 N–H and O–H groups in total. The van der Waals surface area contributed by atoms with E-state index >= 15 is 0 Å². The van der Waals surface area contributed by atoms with Crippen LogP contribution in [0, 0.1) is 5.41 Å². The molecular weight excluding hydrogens is 364 g/mol. The first-order valence-electron chi connectivity index (χ1n) is 10.4. The third-order valence-corrected chi connectivity index (χ3v) is 5.64. The van der Waals surface area contributed by atoms with Crippen LogP contribution in [0.1, 0.15) is 18.4 Å². The Morgan fingerprint density at radius 3 is 2.52 bits per heavy atom. The molecule has 4 rings (SSSR count). The second-order valence-electron chi connectivity index (χ2n) is 7.77. The van der Waals surface area contributed by atoms with Gasteiger partial charge in [0.05, 0.1) is 5.56 Å². The quantitative estimate of drug-likeness (QED) is 0.558. The van der Waals surface area contributed by atoms with Crippen LogP contribution in [0.25, 0.3) is 0 Å². The van der Waals surface area contributed by atoms with Gasteiger partial charge in [0.1, 0.15) is 5.82 Å². The molecule has 0 unspecified atom stereocenters. The highest BCUT2D eigenvalue weighted by molar-refractivity contribution is 5.84. The fourth-order valence-electron chi connectivity index (χ4n) is 3.78. The summed E-state index contributed by atoms with van der Waals surface area (Å²) in [6.45, 7) is 6.33. The van der Waals surface area contributed by atoms with E-state index in [1.165, 1.54) is 11.9 Å². The van der Waals surface area contributed by atoms with Gasteiger partial charge in [-0.15, -0.1) is 0 Å². The van der Waals surface area contributed by atoms with Crippen molar-refractivity contribution in [3.8, 4) is 0 Å². The lowest BCUT2D eigenvalue weighted by atomic mass is 10.1. The van der Waals surface area contributed by atoms with Gasteiger partial charge in [0, 0.05) is 56.0 Å². The van der Waals surface area contributed by atoms with E-state index in [0.717, 1.165) is 63.6 Å². The van der Waals surface area contributed by atoms with Crippen molar-refractivity contribution < 1.29 is 0 Å². The summed E-state index contributed by atoms with van der Waals surface area (Å²) < 4.78 is 0. The first-order chi connectivity index (χ1) is 14.2. The number of rotatable bonds is 6. The van der Waals surface area contributed by atoms with Gasteiger partial charge in [-0.25, -0.2) is 4.98 Å². The second-order valence-corrected chi connectivity index (χ2v) is 7.77. The normalized spacial score (nSPS) is 18.4. The Balaban J connectivity index is 1.43. The van der Waals surface area contributed by atoms with Crippen LogP contribution in [0.4, 0.5) is 23.1 Å². The average Bonchev–Trinajstić information content (AvgIpc) is 2.76. The lowest BCUT2D eigenvalue weighted by Crippen LogP contribution is -2.44. The van der Waals surface area contributed by atoms with Gasteiger partial charge in [-0.2, -0.15) is 4.98 Å². The van der Waals surface area contributed by atoms with Crippen LogP contribution in [0.2, 0.25) is 0 Å². The van der Waals surface area contributed by atoms with Gasteiger partial charge in [-0.05, 0) is 57.2 Å². The number of aromatic nitrogens is 2. The summed E-state index contributed by atoms with van der Waals surface area (Å²) in [6, 6.07) is 8.81. The van der Waals surface area contributed by atoms with E-state index < -0.39 is 0 Å². The summed E-state index contributed by atoms with van der Waals surface area (Å²) in [5, 5.41) is 17.8. The minimum atomic E-state index is 0.376. The molecule has 2 aliphatic rings. The van der Waals surface area contributed by atoms with Crippen LogP contribution >= 0.6 is 0 Å². The van der Waals surface area contributed by atoms with E-state index in [9.17, 15) is 0 Å². The number of hydrogen-bond acceptors (Lipinski definition) is 8. The van der Waals surface area contributed by atoms with Gasteiger partial charge in [-0.1, -0.05) is 0 Å². The summed E-state index contributed by atoms with van der Waals surface area (Å²) in [5.41, 5.74) is 2.91. The van der Waals surface area contributed by atoms with Crippen molar-refractivity contribution in [3.05, 3.63) is 36.0 Å². The van der Waals surface area contributed by atoms with Crippen molar-refractivity contribution in [1.82, 2.24) is 20.2 Å². The summed E-state index contributed by atoms with van der Waals surface area (Å²) in [7, 11) is 2.17. The molecule has 0 amide bonds. The molecule has 3 heterocycles. The SMILES string of the molecule is CN1CCN(c2ccc(Nc3ncc(C=N)c(NC4CCNCC4)n3)cc2)CC1. The van der Waals surface area contributed by atoms with Crippen molar-refractivity contribution in [3.63, 3.8) is 0 Å². The maximum Gasteiger partial charge on any atom is 0.229 e. The highest BCUT2D eigenvalue weighted by Crippen LogP contribution is 2.22. The van der Waals surface area contributed by atoms with Gasteiger partial charge in [0.2, 0.25) is 5.95 Å². The maximum atomic E-state index is 7.64. The molecule has 2 aliphatic heterocycles. The van der Waals surface area contributed by atoms with Gasteiger partial charge in [0.25, 0.3) is 0 Å². The third-order valence-electron chi connectivity index (χ3n) is 5.64. The molecule has 1 aromatic carbocycles. The molecule has 0 bridgehead atoms. The Bertz CT molecular complexity index is 808. The van der Waals surface area contributed by atoms with Gasteiger partial charge in [0.15, 0.2) is 0 Å². The Morgan fingerprint density at radius 2 is 1.83 bits per heavy atom. The van der Waals surface area contributed by atoms with Crippen LogP contribution in [0.15, 0.2) is 30.5 Å². The first-order valence-corrected chi connectivity index (χ1v) is 10.4. The predicted molar refractivity (Wildman–Crippen MR) is 119 cm³/mol. The predicted octanol–water partition coefficient (Wildman–Crippen LogP) is 2.13. The fraction of sp³-hybridized carbons (Fsp3) is 0.476. The molecule has 0 saturated carbocycles. The molecule has 2 saturated heterocycles. The number of piperazine rings is 1. The van der Waals surface area contributed by atoms with Crippen LogP contribution in [0.3, 0.4) is 0 Å². The van der Waals surface area contributed by atoms with Crippen molar-refractivity contribution in [2.75, 3.05) is 61.8 Å². The molecule has 8 nitrogen and oxygen atoms in total. The van der Waals surface area contributed by atoms with Gasteiger partial charge < -0.3 is 31.2 Å². The minimum absolute atomic E-state index is 0.376. The third kappa shape index (κ3) is 5.02. The molecule has 0 aliphatic carbocycles. The maximum absolute atomic E-state index is 7.64. The molecule has 154 valence electrons. The summed E-state index contributed by atoms with van der Waals surface area (Å²) >= 11 is 0. The number of hydrogen-bond donors (Lipinski definition) is 4. The van der Waals surface area contributed by atoms with E-state index in [1.54, 1.807) is 6.20 Å². The monoisotopic (exact) mass is 394 g/mol. The number of anilines is 4. The van der Waals surface area contributed by atoms with Crippen molar-refractivity contribution >= 4 is 29.4 Å². The van der Waals surface area contributed by atoms with Crippen molar-refractivity contribution in [1.29, 1.82) is 5.41 Å². The molecular formula is C21H30N8. The average molecular weight is 395 g/mol. The van der Waals surface area contributed by atoms with Crippen LogP contribution < -0.4 is 20.9 Å². The Hall–Kier alpha value is -2.71. The van der Waals surface area contributed by atoms with E-state index in [4.69, 9.17) is 5.41 Å². The van der Waals surface area contributed by atoms with Crippen molar-refractivity contribution in [2.24, 2.45) is 0 Å². The van der Waals surface area contributed by atoms with E-state index in [2.05, 4.69) is 67.0 Å². The molecule has 1 aromatic heterocycles. The summed E-state index contributed by atoms with van der Waals surface area (Å²) in [6.07, 6.45) is 5.11. The highest BCUT2D eigenvalue weighted by Gasteiger charge is 2.16. The first kappa shape index (κ1) is 19.6. The number of piperidine rings is 1. The largest absolute Gasteiger partial charge is 0.369 e. The molecule has 0 radical (unpaired) electrons. The fourth-order valence-corrected chi connectivity index (χ4v) is 3.78. The summed E-state index contributed by atoms with van der Waals surface area (Å²) in [5.74, 6) is 1.26. The van der Waals surface area contributed by atoms with E-state index in [0.29, 0.717) is 17.6 Å².